The molecule has 0 aliphatic carbocycles. The highest BCUT2D eigenvalue weighted by Crippen LogP contribution is 2.23. The Morgan fingerprint density at radius 2 is 1.72 bits per heavy atom. The maximum atomic E-state index is 12.4. The number of ether oxygens (including phenoxy) is 2. The van der Waals surface area contributed by atoms with Gasteiger partial charge in [0, 0.05) is 17.8 Å². The number of hydrogen-bond donors (Lipinski definition) is 1. The van der Waals surface area contributed by atoms with E-state index in [1.54, 1.807) is 18.7 Å². The third kappa shape index (κ3) is 3.86. The van der Waals surface area contributed by atoms with Crippen LogP contribution in [0.15, 0.2) is 0 Å². The highest BCUT2D eigenvalue weighted by Gasteiger charge is 2.30. The molecule has 0 unspecified atom stereocenters. The molecule has 7 nitrogen and oxygen atoms in total. The van der Waals surface area contributed by atoms with Crippen molar-refractivity contribution >= 4 is 17.8 Å². The van der Waals surface area contributed by atoms with E-state index < -0.39 is 11.9 Å². The van der Waals surface area contributed by atoms with E-state index in [1.807, 2.05) is 13.8 Å². The average molecular weight is 350 g/mol. The molecule has 25 heavy (non-hydrogen) atoms. The molecular weight excluding hydrogens is 324 g/mol. The normalized spacial score (nSPS) is 20.3. The molecule has 1 fully saturated rings. The van der Waals surface area contributed by atoms with Crippen LogP contribution in [-0.2, 0) is 14.3 Å². The molecule has 0 spiro atoms. The third-order valence-electron chi connectivity index (χ3n) is 4.84. The fourth-order valence-electron chi connectivity index (χ4n) is 3.55. The molecule has 7 heteroatoms. The van der Waals surface area contributed by atoms with Crippen LogP contribution >= 0.6 is 0 Å². The topological polar surface area (TPSA) is 88.7 Å². The number of aromatic nitrogens is 1. The summed E-state index contributed by atoms with van der Waals surface area (Å²) in [5, 5.41) is 0. The molecule has 1 aliphatic rings. The molecule has 2 heterocycles. The molecule has 1 aliphatic heterocycles. The predicted molar refractivity (Wildman–Crippen MR) is 91.5 cm³/mol. The number of likely N-dealkylation sites (tertiary alicyclic amines) is 1. The Morgan fingerprint density at radius 1 is 1.12 bits per heavy atom. The third-order valence-corrected chi connectivity index (χ3v) is 4.84. The number of methoxy groups -OCH3 is 1. The zero-order chi connectivity index (χ0) is 18.7. The van der Waals surface area contributed by atoms with Gasteiger partial charge in [0.2, 0.25) is 0 Å². The second kappa shape index (κ2) is 7.72. The van der Waals surface area contributed by atoms with Gasteiger partial charge in [-0.1, -0.05) is 0 Å². The number of carbonyl (C=O) groups is 3. The number of H-pyrrole nitrogens is 1. The minimum absolute atomic E-state index is 0.148. The number of carbonyl (C=O) groups excluding carboxylic acids is 3. The SMILES string of the molecule is COC(=O)c1c(C)[nH]c(C(=O)OCC(=O)N2[C@@H](C)CCC[C@@H]2C)c1C. The smallest absolute Gasteiger partial charge is 0.355 e. The Morgan fingerprint density at radius 3 is 2.28 bits per heavy atom. The van der Waals surface area contributed by atoms with Crippen LogP contribution in [0.5, 0.6) is 0 Å². The molecule has 0 aromatic carbocycles. The zero-order valence-corrected chi connectivity index (χ0v) is 15.5. The van der Waals surface area contributed by atoms with E-state index in [-0.39, 0.29) is 30.3 Å². The van der Waals surface area contributed by atoms with Gasteiger partial charge in [-0.2, -0.15) is 0 Å². The summed E-state index contributed by atoms with van der Waals surface area (Å²) in [6.07, 6.45) is 3.02. The Balaban J connectivity index is 2.05. The number of aryl methyl sites for hydroxylation is 1. The number of aromatic amines is 1. The number of esters is 2. The summed E-state index contributed by atoms with van der Waals surface area (Å²) in [7, 11) is 1.28. The standard InChI is InChI=1S/C18H26N2O5/c1-10-7-6-8-11(2)20(10)14(21)9-25-18(23)16-12(3)15(13(4)19-16)17(22)24-5/h10-11,19H,6-9H2,1-5H3/t10-,11-/m0/s1. The predicted octanol–water partition coefficient (Wildman–Crippen LogP) is 2.36. The minimum atomic E-state index is -0.651. The molecule has 0 bridgehead atoms. The molecule has 1 aromatic rings. The van der Waals surface area contributed by atoms with Gasteiger partial charge in [-0.05, 0) is 52.5 Å². The van der Waals surface area contributed by atoms with Crippen molar-refractivity contribution in [3.8, 4) is 0 Å². The fourth-order valence-corrected chi connectivity index (χ4v) is 3.55. The van der Waals surface area contributed by atoms with Crippen LogP contribution in [0.1, 0.15) is 65.2 Å². The van der Waals surface area contributed by atoms with E-state index >= 15 is 0 Å². The highest BCUT2D eigenvalue weighted by atomic mass is 16.5. The summed E-state index contributed by atoms with van der Waals surface area (Å²) < 4.78 is 9.91. The van der Waals surface area contributed by atoms with Gasteiger partial charge in [-0.25, -0.2) is 9.59 Å². The highest BCUT2D eigenvalue weighted by molar-refractivity contribution is 5.99. The zero-order valence-electron chi connectivity index (χ0n) is 15.5. The van der Waals surface area contributed by atoms with Gasteiger partial charge in [0.15, 0.2) is 6.61 Å². The summed E-state index contributed by atoms with van der Waals surface area (Å²) in [4.78, 5) is 41.2. The molecule has 1 N–H and O–H groups in total. The van der Waals surface area contributed by atoms with Gasteiger partial charge in [-0.15, -0.1) is 0 Å². The monoisotopic (exact) mass is 350 g/mol. The van der Waals surface area contributed by atoms with E-state index in [4.69, 9.17) is 9.47 Å². The molecule has 138 valence electrons. The largest absolute Gasteiger partial charge is 0.465 e. The number of nitrogens with one attached hydrogen (secondary N) is 1. The summed E-state index contributed by atoms with van der Waals surface area (Å²) in [5.41, 5.74) is 1.48. The van der Waals surface area contributed by atoms with Crippen molar-refractivity contribution in [2.24, 2.45) is 0 Å². The van der Waals surface area contributed by atoms with Crippen molar-refractivity contribution in [3.63, 3.8) is 0 Å². The minimum Gasteiger partial charge on any atom is -0.465 e. The van der Waals surface area contributed by atoms with E-state index in [0.717, 1.165) is 19.3 Å². The van der Waals surface area contributed by atoms with E-state index in [9.17, 15) is 14.4 Å². The average Bonchev–Trinajstić information content (AvgIpc) is 2.86. The van der Waals surface area contributed by atoms with Crippen LogP contribution in [0, 0.1) is 13.8 Å². The lowest BCUT2D eigenvalue weighted by molar-refractivity contribution is -0.140. The Kier molecular flexibility index (Phi) is 5.87. The molecule has 1 amide bonds. The quantitative estimate of drug-likeness (QED) is 0.842. The molecule has 1 saturated heterocycles. The van der Waals surface area contributed by atoms with Crippen LogP contribution in [0.3, 0.4) is 0 Å². The second-order valence-electron chi connectivity index (χ2n) is 6.62. The van der Waals surface area contributed by atoms with E-state index in [1.165, 1.54) is 7.11 Å². The number of piperidine rings is 1. The molecule has 0 saturated carbocycles. The van der Waals surface area contributed by atoms with Crippen molar-refractivity contribution in [2.45, 2.75) is 59.0 Å². The summed E-state index contributed by atoms with van der Waals surface area (Å²) in [6, 6.07) is 0.297. The maximum Gasteiger partial charge on any atom is 0.355 e. The van der Waals surface area contributed by atoms with Gasteiger partial charge in [-0.3, -0.25) is 4.79 Å². The summed E-state index contributed by atoms with van der Waals surface area (Å²) >= 11 is 0. The lowest BCUT2D eigenvalue weighted by Crippen LogP contribution is -2.49. The summed E-state index contributed by atoms with van der Waals surface area (Å²) in [5.74, 6) is -1.36. The molecule has 2 atom stereocenters. The van der Waals surface area contributed by atoms with Gasteiger partial charge in [0.1, 0.15) is 5.69 Å². The van der Waals surface area contributed by atoms with Crippen molar-refractivity contribution < 1.29 is 23.9 Å². The van der Waals surface area contributed by atoms with Crippen LogP contribution < -0.4 is 0 Å². The first kappa shape index (κ1) is 19.0. The van der Waals surface area contributed by atoms with E-state index in [0.29, 0.717) is 16.8 Å². The van der Waals surface area contributed by atoms with Crippen molar-refractivity contribution in [1.29, 1.82) is 0 Å². The van der Waals surface area contributed by atoms with Crippen LogP contribution in [-0.4, -0.2) is 53.5 Å². The first-order valence-electron chi connectivity index (χ1n) is 8.53. The number of amides is 1. The number of nitrogens with zero attached hydrogens (tertiary/aromatic N) is 1. The summed E-state index contributed by atoms with van der Waals surface area (Å²) in [6.45, 7) is 7.03. The fraction of sp³-hybridized carbons (Fsp3) is 0.611. The Labute approximate surface area is 147 Å². The first-order chi connectivity index (χ1) is 11.8. The molecule has 2 rings (SSSR count). The van der Waals surface area contributed by atoms with Crippen molar-refractivity contribution in [1.82, 2.24) is 9.88 Å². The van der Waals surface area contributed by atoms with Crippen LogP contribution in [0.25, 0.3) is 0 Å². The Hall–Kier alpha value is -2.31. The second-order valence-corrected chi connectivity index (χ2v) is 6.62. The molecule has 0 radical (unpaired) electrons. The molecule has 1 aromatic heterocycles. The van der Waals surface area contributed by atoms with Gasteiger partial charge in [0.05, 0.1) is 12.7 Å². The lowest BCUT2D eigenvalue weighted by atomic mass is 9.97. The van der Waals surface area contributed by atoms with E-state index in [2.05, 4.69) is 4.98 Å². The van der Waals surface area contributed by atoms with Crippen molar-refractivity contribution in [3.05, 3.63) is 22.5 Å². The number of rotatable bonds is 4. The van der Waals surface area contributed by atoms with Gasteiger partial charge >= 0.3 is 11.9 Å². The van der Waals surface area contributed by atoms with Gasteiger partial charge in [0.25, 0.3) is 5.91 Å². The molecular formula is C18H26N2O5. The van der Waals surface area contributed by atoms with Crippen LogP contribution in [0.4, 0.5) is 0 Å². The Bertz CT molecular complexity index is 669. The first-order valence-corrected chi connectivity index (χ1v) is 8.53. The lowest BCUT2D eigenvalue weighted by Gasteiger charge is -2.38. The van der Waals surface area contributed by atoms with Gasteiger partial charge < -0.3 is 19.4 Å². The number of hydrogen-bond acceptors (Lipinski definition) is 5. The van der Waals surface area contributed by atoms with Crippen molar-refractivity contribution in [2.75, 3.05) is 13.7 Å². The van der Waals surface area contributed by atoms with Crippen LogP contribution in [0.2, 0.25) is 0 Å². The maximum absolute atomic E-state index is 12.4.